The molecule has 0 spiro atoms. The second kappa shape index (κ2) is 6.24. The molecule has 0 saturated carbocycles. The molecule has 0 radical (unpaired) electrons. The summed E-state index contributed by atoms with van der Waals surface area (Å²) in [6, 6.07) is 8.16. The summed E-state index contributed by atoms with van der Waals surface area (Å²) in [5.41, 5.74) is 2.25. The van der Waals surface area contributed by atoms with Crippen LogP contribution in [0.4, 0.5) is 0 Å². The van der Waals surface area contributed by atoms with Crippen LogP contribution in [0.1, 0.15) is 30.0 Å². The smallest absolute Gasteiger partial charge is 0.227 e. The van der Waals surface area contributed by atoms with E-state index in [4.69, 9.17) is 9.47 Å². The highest BCUT2D eigenvalue weighted by atomic mass is 32.1. The number of amides is 1. The molecule has 0 bridgehead atoms. The Morgan fingerprint density at radius 2 is 2.09 bits per heavy atom. The molecule has 5 heteroatoms. The van der Waals surface area contributed by atoms with E-state index >= 15 is 0 Å². The molecule has 4 nitrogen and oxygen atoms in total. The summed E-state index contributed by atoms with van der Waals surface area (Å²) >= 11 is 1.69. The van der Waals surface area contributed by atoms with Crippen molar-refractivity contribution >= 4 is 17.2 Å². The highest BCUT2D eigenvalue weighted by Gasteiger charge is 2.30. The first-order valence-corrected chi connectivity index (χ1v) is 8.95. The average Bonchev–Trinajstić information content (AvgIpc) is 3.25. The molecule has 2 aliphatic rings. The Hall–Kier alpha value is -2.01. The van der Waals surface area contributed by atoms with Crippen LogP contribution in [0.5, 0.6) is 11.5 Å². The first-order valence-electron chi connectivity index (χ1n) is 8.01. The van der Waals surface area contributed by atoms with Crippen molar-refractivity contribution in [2.75, 3.05) is 19.8 Å². The highest BCUT2D eigenvalue weighted by molar-refractivity contribution is 7.07. The number of hydrogen-bond acceptors (Lipinski definition) is 4. The molecule has 120 valence electrons. The van der Waals surface area contributed by atoms with E-state index in [0.717, 1.165) is 36.4 Å². The molecule has 23 heavy (non-hydrogen) atoms. The van der Waals surface area contributed by atoms with Crippen molar-refractivity contribution in [3.8, 4) is 11.5 Å². The zero-order valence-electron chi connectivity index (χ0n) is 12.9. The molecule has 1 aromatic heterocycles. The van der Waals surface area contributed by atoms with Gasteiger partial charge in [0.2, 0.25) is 5.91 Å². The fourth-order valence-electron chi connectivity index (χ4n) is 3.35. The molecule has 0 unspecified atom stereocenters. The van der Waals surface area contributed by atoms with Gasteiger partial charge in [-0.1, -0.05) is 6.07 Å². The van der Waals surface area contributed by atoms with E-state index in [-0.39, 0.29) is 11.9 Å². The summed E-state index contributed by atoms with van der Waals surface area (Å²) in [4.78, 5) is 14.8. The van der Waals surface area contributed by atoms with Crippen LogP contribution in [0, 0.1) is 0 Å². The highest BCUT2D eigenvalue weighted by Crippen LogP contribution is 2.34. The Kier molecular flexibility index (Phi) is 3.95. The third kappa shape index (κ3) is 2.93. The van der Waals surface area contributed by atoms with Gasteiger partial charge >= 0.3 is 0 Å². The first kappa shape index (κ1) is 14.6. The normalized spacial score (nSPS) is 19.8. The molecule has 0 N–H and O–H groups in total. The maximum absolute atomic E-state index is 12.7. The molecule has 1 aromatic carbocycles. The Morgan fingerprint density at radius 1 is 1.22 bits per heavy atom. The molecule has 0 aliphatic carbocycles. The average molecular weight is 329 g/mol. The van der Waals surface area contributed by atoms with Crippen LogP contribution in [0.2, 0.25) is 0 Å². The monoisotopic (exact) mass is 329 g/mol. The van der Waals surface area contributed by atoms with Gasteiger partial charge in [-0.25, -0.2) is 0 Å². The van der Waals surface area contributed by atoms with Crippen molar-refractivity contribution in [3.05, 3.63) is 46.2 Å². The minimum Gasteiger partial charge on any atom is -0.486 e. The topological polar surface area (TPSA) is 38.8 Å². The van der Waals surface area contributed by atoms with Crippen LogP contribution < -0.4 is 9.47 Å². The van der Waals surface area contributed by atoms with Crippen LogP contribution >= 0.6 is 11.3 Å². The molecule has 2 aromatic rings. The maximum atomic E-state index is 12.7. The third-order valence-corrected chi connectivity index (χ3v) is 5.16. The SMILES string of the molecule is O=C(Cc1ccc2c(c1)OCCO2)N1CCC[C@@H]1c1ccsc1. The fraction of sp³-hybridized carbons (Fsp3) is 0.389. The van der Waals surface area contributed by atoms with E-state index < -0.39 is 0 Å². The van der Waals surface area contributed by atoms with Crippen molar-refractivity contribution in [2.45, 2.75) is 25.3 Å². The van der Waals surface area contributed by atoms with Gasteiger partial charge in [0, 0.05) is 6.54 Å². The van der Waals surface area contributed by atoms with Gasteiger partial charge in [-0.2, -0.15) is 11.3 Å². The van der Waals surface area contributed by atoms with Crippen LogP contribution in [0.25, 0.3) is 0 Å². The summed E-state index contributed by atoms with van der Waals surface area (Å²) in [7, 11) is 0. The number of benzene rings is 1. The molecule has 3 heterocycles. The fourth-order valence-corrected chi connectivity index (χ4v) is 4.06. The number of carbonyl (C=O) groups excluding carboxylic acids is 1. The molecule has 1 atom stereocenters. The van der Waals surface area contributed by atoms with E-state index in [0.29, 0.717) is 19.6 Å². The Bertz CT molecular complexity index is 698. The van der Waals surface area contributed by atoms with Crippen molar-refractivity contribution in [3.63, 3.8) is 0 Å². The zero-order chi connectivity index (χ0) is 15.6. The number of hydrogen-bond donors (Lipinski definition) is 0. The molecule has 1 saturated heterocycles. The first-order chi connectivity index (χ1) is 11.3. The van der Waals surface area contributed by atoms with Crippen LogP contribution in [-0.4, -0.2) is 30.6 Å². The Balaban J connectivity index is 1.49. The predicted octanol–water partition coefficient (Wildman–Crippen LogP) is 3.43. The molecular formula is C18H19NO3S. The van der Waals surface area contributed by atoms with E-state index in [9.17, 15) is 4.79 Å². The van der Waals surface area contributed by atoms with E-state index in [1.165, 1.54) is 5.56 Å². The lowest BCUT2D eigenvalue weighted by atomic mass is 10.1. The number of carbonyl (C=O) groups is 1. The summed E-state index contributed by atoms with van der Waals surface area (Å²) in [6.07, 6.45) is 2.55. The predicted molar refractivity (Wildman–Crippen MR) is 89.1 cm³/mol. The molecule has 1 fully saturated rings. The third-order valence-electron chi connectivity index (χ3n) is 4.46. The summed E-state index contributed by atoms with van der Waals surface area (Å²) in [5, 5.41) is 4.23. The minimum absolute atomic E-state index is 0.190. The lowest BCUT2D eigenvalue weighted by Gasteiger charge is -2.25. The van der Waals surface area contributed by atoms with Gasteiger partial charge in [0.25, 0.3) is 0 Å². The van der Waals surface area contributed by atoms with Crippen LogP contribution in [-0.2, 0) is 11.2 Å². The maximum Gasteiger partial charge on any atom is 0.227 e. The number of nitrogens with zero attached hydrogens (tertiary/aromatic N) is 1. The van der Waals surface area contributed by atoms with Gasteiger partial charge in [0.05, 0.1) is 12.5 Å². The number of fused-ring (bicyclic) bond motifs is 1. The lowest BCUT2D eigenvalue weighted by Crippen LogP contribution is -2.31. The number of likely N-dealkylation sites (tertiary alicyclic amines) is 1. The molecule has 4 rings (SSSR count). The molecular weight excluding hydrogens is 310 g/mol. The lowest BCUT2D eigenvalue weighted by molar-refractivity contribution is -0.131. The van der Waals surface area contributed by atoms with Gasteiger partial charge in [-0.3, -0.25) is 4.79 Å². The van der Waals surface area contributed by atoms with Crippen LogP contribution in [0.3, 0.4) is 0 Å². The summed E-state index contributed by atoms with van der Waals surface area (Å²) < 4.78 is 11.1. The van der Waals surface area contributed by atoms with Crippen molar-refractivity contribution < 1.29 is 14.3 Å². The van der Waals surface area contributed by atoms with Gasteiger partial charge in [-0.05, 0) is 52.9 Å². The second-order valence-corrected chi connectivity index (χ2v) is 6.74. The standard InChI is InChI=1S/C18H19NO3S/c20-18(19-6-1-2-15(19)14-5-9-23-12-14)11-13-3-4-16-17(10-13)22-8-7-21-16/h3-5,9-10,12,15H,1-2,6-8,11H2/t15-/m1/s1. The van der Waals surface area contributed by atoms with Crippen LogP contribution in [0.15, 0.2) is 35.0 Å². The minimum atomic E-state index is 0.190. The zero-order valence-corrected chi connectivity index (χ0v) is 13.7. The summed E-state index contributed by atoms with van der Waals surface area (Å²) in [6.45, 7) is 2.00. The van der Waals surface area contributed by atoms with Gasteiger partial charge in [-0.15, -0.1) is 0 Å². The van der Waals surface area contributed by atoms with Crippen molar-refractivity contribution in [2.24, 2.45) is 0 Å². The molecule has 1 amide bonds. The van der Waals surface area contributed by atoms with Crippen molar-refractivity contribution in [1.82, 2.24) is 4.90 Å². The van der Waals surface area contributed by atoms with Crippen molar-refractivity contribution in [1.29, 1.82) is 0 Å². The molecule has 2 aliphatic heterocycles. The van der Waals surface area contributed by atoms with Gasteiger partial charge in [0.15, 0.2) is 11.5 Å². The number of rotatable bonds is 3. The Labute approximate surface area is 139 Å². The van der Waals surface area contributed by atoms with E-state index in [2.05, 4.69) is 16.8 Å². The quantitative estimate of drug-likeness (QED) is 0.866. The summed E-state index contributed by atoms with van der Waals surface area (Å²) in [5.74, 6) is 1.71. The number of ether oxygens (including phenoxy) is 2. The number of thiophene rings is 1. The van der Waals surface area contributed by atoms with Gasteiger partial charge in [0.1, 0.15) is 13.2 Å². The second-order valence-electron chi connectivity index (χ2n) is 5.96. The van der Waals surface area contributed by atoms with Gasteiger partial charge < -0.3 is 14.4 Å². The van der Waals surface area contributed by atoms with E-state index in [1.807, 2.05) is 23.1 Å². The largest absolute Gasteiger partial charge is 0.486 e. The van der Waals surface area contributed by atoms with E-state index in [1.54, 1.807) is 11.3 Å². The Morgan fingerprint density at radius 3 is 2.91 bits per heavy atom.